The van der Waals surface area contributed by atoms with Crippen molar-refractivity contribution in [2.75, 3.05) is 13.2 Å². The van der Waals surface area contributed by atoms with Gasteiger partial charge in [0.25, 0.3) is 0 Å². The number of nitrogens with one attached hydrogen (secondary N) is 1. The Balaban J connectivity index is 2.77. The number of hydrogen-bond acceptors (Lipinski definition) is 4. The summed E-state index contributed by atoms with van der Waals surface area (Å²) in [7, 11) is -3.57. The van der Waals surface area contributed by atoms with Gasteiger partial charge in [0.1, 0.15) is 5.75 Å². The van der Waals surface area contributed by atoms with Gasteiger partial charge in [0, 0.05) is 12.6 Å². The Hall–Kier alpha value is -1.11. The van der Waals surface area contributed by atoms with Crippen LogP contribution in [0.25, 0.3) is 0 Å². The summed E-state index contributed by atoms with van der Waals surface area (Å²) in [6, 6.07) is 5.99. The van der Waals surface area contributed by atoms with Gasteiger partial charge in [-0.05, 0) is 43.5 Å². The molecule has 1 aromatic rings. The number of aliphatic hydroxyl groups excluding tert-OH is 1. The molecule has 0 amide bonds. The van der Waals surface area contributed by atoms with Crippen LogP contribution in [0.1, 0.15) is 27.2 Å². The first kappa shape index (κ1) is 16.9. The van der Waals surface area contributed by atoms with Crippen LogP contribution in [-0.2, 0) is 10.0 Å². The van der Waals surface area contributed by atoms with Crippen molar-refractivity contribution in [2.45, 2.75) is 38.1 Å². The normalized spacial score (nSPS) is 14.8. The fourth-order valence-corrected chi connectivity index (χ4v) is 2.87. The van der Waals surface area contributed by atoms with Crippen molar-refractivity contribution in [1.82, 2.24) is 4.72 Å². The van der Waals surface area contributed by atoms with E-state index in [1.54, 1.807) is 26.0 Å². The van der Waals surface area contributed by atoms with Crippen LogP contribution >= 0.6 is 0 Å². The van der Waals surface area contributed by atoms with E-state index in [1.807, 2.05) is 6.92 Å². The van der Waals surface area contributed by atoms with Crippen molar-refractivity contribution < 1.29 is 18.3 Å². The predicted molar refractivity (Wildman–Crippen MR) is 78.3 cm³/mol. The van der Waals surface area contributed by atoms with Crippen molar-refractivity contribution in [3.8, 4) is 5.75 Å². The second-order valence-corrected chi connectivity index (χ2v) is 6.60. The molecule has 0 bridgehead atoms. The van der Waals surface area contributed by atoms with E-state index in [0.717, 1.165) is 6.42 Å². The second kappa shape index (κ2) is 7.61. The largest absolute Gasteiger partial charge is 0.494 e. The highest BCUT2D eigenvalue weighted by atomic mass is 32.2. The lowest BCUT2D eigenvalue weighted by molar-refractivity contribution is 0.216. The quantitative estimate of drug-likeness (QED) is 0.767. The third kappa shape index (κ3) is 4.77. The van der Waals surface area contributed by atoms with Gasteiger partial charge in [-0.1, -0.05) is 13.8 Å². The molecule has 114 valence electrons. The summed E-state index contributed by atoms with van der Waals surface area (Å²) in [6.45, 7) is 6.07. The molecule has 2 unspecified atom stereocenters. The van der Waals surface area contributed by atoms with Crippen LogP contribution < -0.4 is 9.46 Å². The highest BCUT2D eigenvalue weighted by Gasteiger charge is 2.20. The van der Waals surface area contributed by atoms with E-state index in [-0.39, 0.29) is 23.5 Å². The minimum absolute atomic E-state index is 0.0620. The molecule has 0 aliphatic carbocycles. The summed E-state index contributed by atoms with van der Waals surface area (Å²) in [5.74, 6) is 0.513. The highest BCUT2D eigenvalue weighted by molar-refractivity contribution is 7.89. The minimum atomic E-state index is -3.57. The Kier molecular flexibility index (Phi) is 6.45. The van der Waals surface area contributed by atoms with Gasteiger partial charge in [0.15, 0.2) is 0 Å². The standard InChI is InChI=1S/C14H23NO4S/c1-4-9-19-13-5-7-14(8-6-13)20(17,18)15-12(3)11(2)10-16/h5-8,11-12,15-16H,4,9-10H2,1-3H3. The van der Waals surface area contributed by atoms with E-state index in [2.05, 4.69) is 4.72 Å². The van der Waals surface area contributed by atoms with Gasteiger partial charge in [0.2, 0.25) is 10.0 Å². The van der Waals surface area contributed by atoms with Gasteiger partial charge in [-0.15, -0.1) is 0 Å². The maximum absolute atomic E-state index is 12.2. The van der Waals surface area contributed by atoms with Crippen LogP contribution in [-0.4, -0.2) is 32.8 Å². The molecule has 0 radical (unpaired) electrons. The first-order chi connectivity index (χ1) is 9.40. The summed E-state index contributed by atoms with van der Waals surface area (Å²) in [5.41, 5.74) is 0. The van der Waals surface area contributed by atoms with Crippen molar-refractivity contribution in [2.24, 2.45) is 5.92 Å². The lowest BCUT2D eigenvalue weighted by Gasteiger charge is -2.19. The highest BCUT2D eigenvalue weighted by Crippen LogP contribution is 2.17. The number of ether oxygens (including phenoxy) is 1. The fourth-order valence-electron chi connectivity index (χ4n) is 1.52. The Bertz CT molecular complexity index is 498. The maximum Gasteiger partial charge on any atom is 0.240 e. The maximum atomic E-state index is 12.2. The Morgan fingerprint density at radius 1 is 1.25 bits per heavy atom. The number of sulfonamides is 1. The molecule has 2 atom stereocenters. The molecule has 0 saturated heterocycles. The zero-order valence-corrected chi connectivity index (χ0v) is 13.0. The lowest BCUT2D eigenvalue weighted by atomic mass is 10.1. The zero-order valence-electron chi connectivity index (χ0n) is 12.2. The number of aliphatic hydroxyl groups is 1. The number of benzene rings is 1. The summed E-state index contributed by atoms with van der Waals surface area (Å²) >= 11 is 0. The molecule has 1 rings (SSSR count). The molecule has 0 heterocycles. The van der Waals surface area contributed by atoms with Gasteiger partial charge in [-0.25, -0.2) is 13.1 Å². The van der Waals surface area contributed by atoms with Crippen LogP contribution in [0.2, 0.25) is 0 Å². The molecule has 5 nitrogen and oxygen atoms in total. The van der Waals surface area contributed by atoms with E-state index >= 15 is 0 Å². The van der Waals surface area contributed by atoms with Crippen molar-refractivity contribution in [3.05, 3.63) is 24.3 Å². The molecule has 0 aliphatic heterocycles. The van der Waals surface area contributed by atoms with Crippen LogP contribution in [0.15, 0.2) is 29.2 Å². The lowest BCUT2D eigenvalue weighted by Crippen LogP contribution is -2.38. The summed E-state index contributed by atoms with van der Waals surface area (Å²) in [4.78, 5) is 0.193. The van der Waals surface area contributed by atoms with Crippen LogP contribution in [0.4, 0.5) is 0 Å². The molecule has 0 aliphatic rings. The van der Waals surface area contributed by atoms with Gasteiger partial charge >= 0.3 is 0 Å². The van der Waals surface area contributed by atoms with Crippen LogP contribution in [0, 0.1) is 5.92 Å². The van der Waals surface area contributed by atoms with Gasteiger partial charge in [0.05, 0.1) is 11.5 Å². The van der Waals surface area contributed by atoms with E-state index in [1.165, 1.54) is 12.1 Å². The molecule has 0 saturated carbocycles. The number of rotatable bonds is 8. The second-order valence-electron chi connectivity index (χ2n) is 4.89. The predicted octanol–water partition coefficient (Wildman–Crippen LogP) is 1.77. The average molecular weight is 301 g/mol. The number of hydrogen-bond donors (Lipinski definition) is 2. The Morgan fingerprint density at radius 2 is 1.85 bits per heavy atom. The zero-order chi connectivity index (χ0) is 15.2. The van der Waals surface area contributed by atoms with E-state index in [4.69, 9.17) is 9.84 Å². The molecule has 0 aromatic heterocycles. The molecule has 6 heteroatoms. The molecule has 20 heavy (non-hydrogen) atoms. The van der Waals surface area contributed by atoms with Gasteiger partial charge in [-0.2, -0.15) is 0 Å². The van der Waals surface area contributed by atoms with Gasteiger partial charge in [-0.3, -0.25) is 0 Å². The van der Waals surface area contributed by atoms with E-state index in [0.29, 0.717) is 12.4 Å². The monoisotopic (exact) mass is 301 g/mol. The van der Waals surface area contributed by atoms with Crippen molar-refractivity contribution in [3.63, 3.8) is 0 Å². The SMILES string of the molecule is CCCOc1ccc(S(=O)(=O)NC(C)C(C)CO)cc1. The molecule has 1 aromatic carbocycles. The minimum Gasteiger partial charge on any atom is -0.494 e. The van der Waals surface area contributed by atoms with Gasteiger partial charge < -0.3 is 9.84 Å². The van der Waals surface area contributed by atoms with Crippen molar-refractivity contribution >= 4 is 10.0 Å². The molecule has 2 N–H and O–H groups in total. The third-order valence-corrected chi connectivity index (χ3v) is 4.66. The third-order valence-electron chi connectivity index (χ3n) is 3.09. The topological polar surface area (TPSA) is 75.6 Å². The van der Waals surface area contributed by atoms with Crippen LogP contribution in [0.5, 0.6) is 5.75 Å². The first-order valence-corrected chi connectivity index (χ1v) is 8.25. The summed E-state index contributed by atoms with van der Waals surface area (Å²) in [5, 5.41) is 9.04. The molecule has 0 fully saturated rings. The smallest absolute Gasteiger partial charge is 0.240 e. The Morgan fingerprint density at radius 3 is 2.35 bits per heavy atom. The van der Waals surface area contributed by atoms with E-state index < -0.39 is 10.0 Å². The molecule has 0 spiro atoms. The molecular weight excluding hydrogens is 278 g/mol. The first-order valence-electron chi connectivity index (χ1n) is 6.76. The van der Waals surface area contributed by atoms with E-state index in [9.17, 15) is 8.42 Å². The Labute approximate surface area is 121 Å². The summed E-state index contributed by atoms with van der Waals surface area (Å²) in [6.07, 6.45) is 0.901. The average Bonchev–Trinajstić information content (AvgIpc) is 2.44. The fraction of sp³-hybridized carbons (Fsp3) is 0.571. The van der Waals surface area contributed by atoms with Crippen molar-refractivity contribution in [1.29, 1.82) is 0 Å². The summed E-state index contributed by atoms with van der Waals surface area (Å²) < 4.78 is 32.3. The molecular formula is C14H23NO4S. The van der Waals surface area contributed by atoms with Crippen LogP contribution in [0.3, 0.4) is 0 Å².